The van der Waals surface area contributed by atoms with Crippen molar-refractivity contribution < 1.29 is 4.79 Å². The normalized spacial score (nSPS) is 12.2. The highest BCUT2D eigenvalue weighted by Crippen LogP contribution is 2.26. The molecule has 0 aliphatic heterocycles. The van der Waals surface area contributed by atoms with E-state index in [0.717, 1.165) is 22.8 Å². The van der Waals surface area contributed by atoms with Gasteiger partial charge in [-0.15, -0.1) is 11.8 Å². The second-order valence-corrected chi connectivity index (χ2v) is 7.37. The van der Waals surface area contributed by atoms with Crippen molar-refractivity contribution in [2.45, 2.75) is 17.6 Å². The van der Waals surface area contributed by atoms with Crippen LogP contribution in [0.25, 0.3) is 0 Å². The van der Waals surface area contributed by atoms with Crippen LogP contribution >= 0.6 is 11.8 Å². The van der Waals surface area contributed by atoms with Gasteiger partial charge in [-0.25, -0.2) is 0 Å². The quantitative estimate of drug-likeness (QED) is 0.738. The summed E-state index contributed by atoms with van der Waals surface area (Å²) in [6, 6.07) is 18.2. The number of thioether (sulfide) groups is 1. The summed E-state index contributed by atoms with van der Waals surface area (Å²) in [5, 5.41) is 3.06. The van der Waals surface area contributed by atoms with Gasteiger partial charge in [-0.05, 0) is 37.7 Å². The summed E-state index contributed by atoms with van der Waals surface area (Å²) in [5.41, 5.74) is 2.02. The van der Waals surface area contributed by atoms with Gasteiger partial charge >= 0.3 is 0 Å². The van der Waals surface area contributed by atoms with Crippen LogP contribution in [-0.2, 0) is 5.75 Å². The van der Waals surface area contributed by atoms with E-state index in [-0.39, 0.29) is 5.91 Å². The fraction of sp³-hybridized carbons (Fsp3) is 0.350. The Kier molecular flexibility index (Phi) is 7.35. The SMILES string of the molecule is C[C@H](CNC(=O)c1ccccc1SCc1ccccc1)CN(C)C. The molecule has 0 spiro atoms. The van der Waals surface area contributed by atoms with Gasteiger partial charge in [0.15, 0.2) is 0 Å². The Morgan fingerprint density at radius 3 is 2.46 bits per heavy atom. The Balaban J connectivity index is 1.96. The number of hydrogen-bond acceptors (Lipinski definition) is 3. The Hall–Kier alpha value is -1.78. The minimum absolute atomic E-state index is 0.0109. The summed E-state index contributed by atoms with van der Waals surface area (Å²) in [4.78, 5) is 15.7. The maximum absolute atomic E-state index is 12.5. The lowest BCUT2D eigenvalue weighted by molar-refractivity contribution is 0.0943. The van der Waals surface area contributed by atoms with Crippen molar-refractivity contribution in [2.24, 2.45) is 5.92 Å². The molecule has 2 rings (SSSR count). The molecule has 0 heterocycles. The van der Waals surface area contributed by atoms with Gasteiger partial charge in [0.1, 0.15) is 0 Å². The molecule has 0 bridgehead atoms. The summed E-state index contributed by atoms with van der Waals surface area (Å²) in [7, 11) is 4.10. The predicted octanol–water partition coefficient (Wildman–Crippen LogP) is 3.91. The van der Waals surface area contributed by atoms with Crippen LogP contribution in [0.4, 0.5) is 0 Å². The molecule has 1 amide bonds. The molecule has 2 aromatic carbocycles. The Morgan fingerprint density at radius 2 is 1.75 bits per heavy atom. The fourth-order valence-electron chi connectivity index (χ4n) is 2.57. The molecule has 0 aliphatic rings. The van der Waals surface area contributed by atoms with Crippen molar-refractivity contribution >= 4 is 17.7 Å². The highest BCUT2D eigenvalue weighted by atomic mass is 32.2. The molecular weight excluding hydrogens is 316 g/mol. The molecule has 1 N–H and O–H groups in total. The molecule has 3 nitrogen and oxygen atoms in total. The average molecular weight is 343 g/mol. The first-order valence-electron chi connectivity index (χ1n) is 8.25. The predicted molar refractivity (Wildman–Crippen MR) is 102 cm³/mol. The summed E-state index contributed by atoms with van der Waals surface area (Å²) in [5.74, 6) is 1.30. The number of nitrogens with one attached hydrogen (secondary N) is 1. The minimum Gasteiger partial charge on any atom is -0.352 e. The number of benzene rings is 2. The van der Waals surface area contributed by atoms with Gasteiger partial charge in [-0.2, -0.15) is 0 Å². The van der Waals surface area contributed by atoms with Crippen LogP contribution in [-0.4, -0.2) is 38.0 Å². The second kappa shape index (κ2) is 9.50. The topological polar surface area (TPSA) is 32.3 Å². The zero-order valence-electron chi connectivity index (χ0n) is 14.7. The Labute approximate surface area is 149 Å². The van der Waals surface area contributed by atoms with E-state index in [0.29, 0.717) is 12.5 Å². The Bertz CT molecular complexity index is 643. The molecule has 24 heavy (non-hydrogen) atoms. The molecule has 0 saturated carbocycles. The van der Waals surface area contributed by atoms with Gasteiger partial charge in [0.2, 0.25) is 0 Å². The highest BCUT2D eigenvalue weighted by molar-refractivity contribution is 7.98. The first-order valence-corrected chi connectivity index (χ1v) is 9.23. The van der Waals surface area contributed by atoms with Crippen molar-refractivity contribution in [3.63, 3.8) is 0 Å². The standard InChI is InChI=1S/C20H26N2OS/c1-16(14-22(2)3)13-21-20(23)18-11-7-8-12-19(18)24-15-17-9-5-4-6-10-17/h4-12,16H,13-15H2,1-3H3,(H,21,23)/t16-/m1/s1. The van der Waals surface area contributed by atoms with Gasteiger partial charge in [-0.1, -0.05) is 49.4 Å². The molecule has 0 radical (unpaired) electrons. The average Bonchev–Trinajstić information content (AvgIpc) is 2.58. The maximum atomic E-state index is 12.5. The van der Waals surface area contributed by atoms with Crippen LogP contribution in [0.15, 0.2) is 59.5 Å². The van der Waals surface area contributed by atoms with Gasteiger partial charge in [-0.3, -0.25) is 4.79 Å². The van der Waals surface area contributed by atoms with Gasteiger partial charge < -0.3 is 10.2 Å². The fourth-order valence-corrected chi connectivity index (χ4v) is 3.57. The minimum atomic E-state index is 0.0109. The van der Waals surface area contributed by atoms with E-state index in [1.165, 1.54) is 5.56 Å². The van der Waals surface area contributed by atoms with Crippen LogP contribution in [0.1, 0.15) is 22.8 Å². The second-order valence-electron chi connectivity index (χ2n) is 6.35. The maximum Gasteiger partial charge on any atom is 0.252 e. The monoisotopic (exact) mass is 342 g/mol. The van der Waals surface area contributed by atoms with Crippen molar-refractivity contribution in [3.05, 3.63) is 65.7 Å². The molecule has 1 atom stereocenters. The molecule has 0 aromatic heterocycles. The van der Waals surface area contributed by atoms with Gasteiger partial charge in [0.25, 0.3) is 5.91 Å². The van der Waals surface area contributed by atoms with E-state index in [2.05, 4.69) is 29.3 Å². The number of carbonyl (C=O) groups excluding carboxylic acids is 1. The van der Waals surface area contributed by atoms with Gasteiger partial charge in [0, 0.05) is 23.7 Å². The molecular formula is C20H26N2OS. The first-order chi connectivity index (χ1) is 11.6. The molecule has 0 fully saturated rings. The number of hydrogen-bond donors (Lipinski definition) is 1. The van der Waals surface area contributed by atoms with E-state index in [1.54, 1.807) is 11.8 Å². The highest BCUT2D eigenvalue weighted by Gasteiger charge is 2.12. The number of amides is 1. The van der Waals surface area contributed by atoms with Crippen LogP contribution in [0.3, 0.4) is 0 Å². The van der Waals surface area contributed by atoms with E-state index < -0.39 is 0 Å². The zero-order chi connectivity index (χ0) is 17.4. The molecule has 0 saturated heterocycles. The van der Waals surface area contributed by atoms with E-state index in [4.69, 9.17) is 0 Å². The summed E-state index contributed by atoms with van der Waals surface area (Å²) < 4.78 is 0. The van der Waals surface area contributed by atoms with E-state index >= 15 is 0 Å². The summed E-state index contributed by atoms with van der Waals surface area (Å²) >= 11 is 1.70. The van der Waals surface area contributed by atoms with Crippen LogP contribution in [0.5, 0.6) is 0 Å². The number of nitrogens with zero attached hydrogens (tertiary/aromatic N) is 1. The first kappa shape index (κ1) is 18.6. The third-order valence-electron chi connectivity index (χ3n) is 3.66. The molecule has 0 unspecified atom stereocenters. The van der Waals surface area contributed by atoms with Crippen molar-refractivity contribution in [1.82, 2.24) is 10.2 Å². The number of carbonyl (C=O) groups is 1. The summed E-state index contributed by atoms with van der Waals surface area (Å²) in [6.07, 6.45) is 0. The molecule has 2 aromatic rings. The third-order valence-corrected chi connectivity index (χ3v) is 4.80. The third kappa shape index (κ3) is 6.02. The summed E-state index contributed by atoms with van der Waals surface area (Å²) in [6.45, 7) is 3.80. The van der Waals surface area contributed by atoms with Gasteiger partial charge in [0.05, 0.1) is 5.56 Å². The Morgan fingerprint density at radius 1 is 1.08 bits per heavy atom. The van der Waals surface area contributed by atoms with Crippen molar-refractivity contribution in [3.8, 4) is 0 Å². The van der Waals surface area contributed by atoms with Crippen LogP contribution in [0, 0.1) is 5.92 Å². The van der Waals surface area contributed by atoms with E-state index in [9.17, 15) is 4.79 Å². The largest absolute Gasteiger partial charge is 0.352 e. The lowest BCUT2D eigenvalue weighted by atomic mass is 10.1. The molecule has 128 valence electrons. The van der Waals surface area contributed by atoms with Crippen molar-refractivity contribution in [1.29, 1.82) is 0 Å². The smallest absolute Gasteiger partial charge is 0.252 e. The van der Waals surface area contributed by atoms with Crippen molar-refractivity contribution in [2.75, 3.05) is 27.2 Å². The van der Waals surface area contributed by atoms with Crippen LogP contribution < -0.4 is 5.32 Å². The molecule has 4 heteroatoms. The lowest BCUT2D eigenvalue weighted by Gasteiger charge is -2.17. The van der Waals surface area contributed by atoms with Crippen LogP contribution in [0.2, 0.25) is 0 Å². The lowest BCUT2D eigenvalue weighted by Crippen LogP contribution is -2.33. The number of rotatable bonds is 8. The molecule has 0 aliphatic carbocycles. The zero-order valence-corrected chi connectivity index (χ0v) is 15.5. The van der Waals surface area contributed by atoms with E-state index in [1.807, 2.05) is 56.6 Å².